The van der Waals surface area contributed by atoms with Crippen molar-refractivity contribution < 1.29 is 0 Å². The molecular formula is C54H31N5. The standard InChI is InChI=1S/C54H31N5/c1-2-15-34(16-3-1)57-43-23-11-6-18-36(43)39-30-33(27-28-46(39)57)52-54(56-42-22-10-9-21-41(42)55-52)59-45-25-13-8-20-38(45)50-48(59)31-40-37-19-7-12-24-44(37)58-47-29-26-32-14-4-5-17-35(32)49(47)51(50)53(40)58/h1-31H. The van der Waals surface area contributed by atoms with Crippen molar-refractivity contribution in [1.82, 2.24) is 23.5 Å². The molecule has 0 aliphatic heterocycles. The van der Waals surface area contributed by atoms with Gasteiger partial charge in [0.25, 0.3) is 0 Å². The predicted molar refractivity (Wildman–Crippen MR) is 246 cm³/mol. The summed E-state index contributed by atoms with van der Waals surface area (Å²) in [5, 5.41) is 12.3. The van der Waals surface area contributed by atoms with Crippen LogP contribution in [0, 0.1) is 0 Å². The minimum absolute atomic E-state index is 0.812. The molecule has 14 aromatic rings. The highest BCUT2D eigenvalue weighted by Gasteiger charge is 2.27. The number of aromatic nitrogens is 5. The largest absolute Gasteiger partial charge is 0.309 e. The van der Waals surface area contributed by atoms with Gasteiger partial charge in [0.15, 0.2) is 5.82 Å². The zero-order valence-corrected chi connectivity index (χ0v) is 31.6. The van der Waals surface area contributed by atoms with Crippen LogP contribution in [0.1, 0.15) is 0 Å². The monoisotopic (exact) mass is 749 g/mol. The molecule has 9 aromatic carbocycles. The van der Waals surface area contributed by atoms with Crippen molar-refractivity contribution in [2.75, 3.05) is 0 Å². The average Bonchev–Trinajstić information content (AvgIpc) is 4.02. The fourth-order valence-electron chi connectivity index (χ4n) is 10.3. The van der Waals surface area contributed by atoms with Crippen LogP contribution in [-0.2, 0) is 0 Å². The van der Waals surface area contributed by atoms with Gasteiger partial charge in [-0.25, -0.2) is 9.97 Å². The SMILES string of the molecule is c1ccc(-n2c3ccccc3c3cc(-c4nc5ccccc5nc4-n4c5ccccc5c5c6c7c8ccccc8ccc7n7c8ccccc8c(cc54)c67)ccc32)cc1. The lowest BCUT2D eigenvalue weighted by atomic mass is 9.98. The van der Waals surface area contributed by atoms with Crippen LogP contribution in [0.25, 0.3) is 126 Å². The normalized spacial score (nSPS) is 12.4. The Bertz CT molecular complexity index is 4070. The van der Waals surface area contributed by atoms with Gasteiger partial charge in [-0.15, -0.1) is 0 Å². The second-order valence-corrected chi connectivity index (χ2v) is 15.7. The van der Waals surface area contributed by atoms with Gasteiger partial charge in [0, 0.05) is 54.3 Å². The van der Waals surface area contributed by atoms with E-state index in [-0.39, 0.29) is 0 Å². The van der Waals surface area contributed by atoms with Gasteiger partial charge in [-0.3, -0.25) is 4.57 Å². The Morgan fingerprint density at radius 3 is 1.75 bits per heavy atom. The molecule has 0 aliphatic carbocycles. The van der Waals surface area contributed by atoms with E-state index in [0.717, 1.165) is 50.3 Å². The van der Waals surface area contributed by atoms with Crippen molar-refractivity contribution in [3.8, 4) is 22.8 Å². The number of hydrogen-bond acceptors (Lipinski definition) is 2. The van der Waals surface area contributed by atoms with E-state index >= 15 is 0 Å². The van der Waals surface area contributed by atoms with E-state index < -0.39 is 0 Å². The lowest BCUT2D eigenvalue weighted by molar-refractivity contribution is 1.08. The second kappa shape index (κ2) is 11.3. The number of fused-ring (bicyclic) bond motifs is 16. The Morgan fingerprint density at radius 1 is 0.339 bits per heavy atom. The van der Waals surface area contributed by atoms with Gasteiger partial charge in [0.2, 0.25) is 0 Å². The van der Waals surface area contributed by atoms with Crippen molar-refractivity contribution >= 4 is 104 Å². The van der Waals surface area contributed by atoms with E-state index in [4.69, 9.17) is 9.97 Å². The molecule has 5 heterocycles. The summed E-state index contributed by atoms with van der Waals surface area (Å²) < 4.78 is 7.25. The minimum Gasteiger partial charge on any atom is -0.309 e. The van der Waals surface area contributed by atoms with Gasteiger partial charge in [0.1, 0.15) is 5.69 Å². The van der Waals surface area contributed by atoms with Gasteiger partial charge >= 0.3 is 0 Å². The van der Waals surface area contributed by atoms with E-state index in [2.05, 4.69) is 196 Å². The number of para-hydroxylation sites is 6. The number of nitrogens with zero attached hydrogens (tertiary/aromatic N) is 5. The van der Waals surface area contributed by atoms with Gasteiger partial charge in [-0.2, -0.15) is 0 Å². The highest BCUT2D eigenvalue weighted by atomic mass is 15.1. The summed E-state index contributed by atoms with van der Waals surface area (Å²) >= 11 is 0. The molecule has 0 saturated heterocycles. The Kier molecular flexibility index (Phi) is 5.96. The predicted octanol–water partition coefficient (Wildman–Crippen LogP) is 13.8. The van der Waals surface area contributed by atoms with E-state index in [0.29, 0.717) is 0 Å². The van der Waals surface area contributed by atoms with Gasteiger partial charge in [-0.1, -0.05) is 121 Å². The summed E-state index contributed by atoms with van der Waals surface area (Å²) in [4.78, 5) is 11.1. The molecule has 0 fully saturated rings. The molecule has 0 atom stereocenters. The molecule has 272 valence electrons. The molecule has 0 saturated carbocycles. The number of benzene rings is 9. The Morgan fingerprint density at radius 2 is 0.932 bits per heavy atom. The Hall–Kier alpha value is -8.02. The summed E-state index contributed by atoms with van der Waals surface area (Å²) in [6.07, 6.45) is 0. The molecule has 0 N–H and O–H groups in total. The minimum atomic E-state index is 0.812. The molecule has 5 nitrogen and oxygen atoms in total. The summed E-state index contributed by atoms with van der Waals surface area (Å²) in [7, 11) is 0. The lowest BCUT2D eigenvalue weighted by Gasteiger charge is -2.14. The molecular weight excluding hydrogens is 719 g/mol. The molecule has 0 radical (unpaired) electrons. The first-order valence-electron chi connectivity index (χ1n) is 20.2. The highest BCUT2D eigenvalue weighted by Crippen LogP contribution is 2.49. The van der Waals surface area contributed by atoms with Crippen LogP contribution in [0.3, 0.4) is 0 Å². The molecule has 0 unspecified atom stereocenters. The zero-order valence-electron chi connectivity index (χ0n) is 31.6. The van der Waals surface area contributed by atoms with Crippen LogP contribution in [-0.4, -0.2) is 23.5 Å². The molecule has 0 spiro atoms. The van der Waals surface area contributed by atoms with E-state index in [9.17, 15) is 0 Å². The summed E-state index contributed by atoms with van der Waals surface area (Å²) in [5.74, 6) is 0.812. The third kappa shape index (κ3) is 4.03. The van der Waals surface area contributed by atoms with Crippen molar-refractivity contribution in [3.05, 3.63) is 188 Å². The molecule has 5 heteroatoms. The van der Waals surface area contributed by atoms with E-state index in [1.54, 1.807) is 0 Å². The fourth-order valence-corrected chi connectivity index (χ4v) is 10.3. The third-order valence-electron chi connectivity index (χ3n) is 12.7. The molecule has 0 bridgehead atoms. The zero-order chi connectivity index (χ0) is 38.3. The average molecular weight is 750 g/mol. The van der Waals surface area contributed by atoms with Crippen LogP contribution in [0.2, 0.25) is 0 Å². The summed E-state index contributed by atoms with van der Waals surface area (Å²) in [6, 6.07) is 67.9. The van der Waals surface area contributed by atoms with Crippen LogP contribution >= 0.6 is 0 Å². The van der Waals surface area contributed by atoms with Crippen LogP contribution in [0.4, 0.5) is 0 Å². The quantitative estimate of drug-likeness (QED) is 0.180. The van der Waals surface area contributed by atoms with E-state index in [1.165, 1.54) is 75.9 Å². The molecule has 5 aromatic heterocycles. The Labute approximate surface area is 336 Å². The first-order chi connectivity index (χ1) is 29.3. The molecule has 0 aliphatic rings. The molecule has 0 amide bonds. The number of rotatable bonds is 3. The van der Waals surface area contributed by atoms with Gasteiger partial charge < -0.3 is 8.97 Å². The van der Waals surface area contributed by atoms with Crippen molar-refractivity contribution in [3.63, 3.8) is 0 Å². The second-order valence-electron chi connectivity index (χ2n) is 15.7. The maximum absolute atomic E-state index is 5.57. The first-order valence-corrected chi connectivity index (χ1v) is 20.2. The van der Waals surface area contributed by atoms with Gasteiger partial charge in [-0.05, 0) is 77.5 Å². The van der Waals surface area contributed by atoms with E-state index in [1.807, 2.05) is 6.07 Å². The third-order valence-corrected chi connectivity index (χ3v) is 12.7. The van der Waals surface area contributed by atoms with Crippen molar-refractivity contribution in [1.29, 1.82) is 0 Å². The van der Waals surface area contributed by atoms with Crippen molar-refractivity contribution in [2.24, 2.45) is 0 Å². The lowest BCUT2D eigenvalue weighted by Crippen LogP contribution is -2.03. The fraction of sp³-hybridized carbons (Fsp3) is 0. The maximum atomic E-state index is 5.57. The maximum Gasteiger partial charge on any atom is 0.165 e. The first kappa shape index (κ1) is 31.1. The summed E-state index contributed by atoms with van der Waals surface area (Å²) in [5.41, 5.74) is 13.0. The topological polar surface area (TPSA) is 40.0 Å². The van der Waals surface area contributed by atoms with Crippen LogP contribution in [0.5, 0.6) is 0 Å². The molecule has 14 rings (SSSR count). The summed E-state index contributed by atoms with van der Waals surface area (Å²) in [6.45, 7) is 0. The van der Waals surface area contributed by atoms with Gasteiger partial charge in [0.05, 0.1) is 49.7 Å². The van der Waals surface area contributed by atoms with Crippen LogP contribution < -0.4 is 0 Å². The van der Waals surface area contributed by atoms with Crippen LogP contribution in [0.15, 0.2) is 188 Å². The Balaban J connectivity index is 1.16. The van der Waals surface area contributed by atoms with Crippen molar-refractivity contribution in [2.45, 2.75) is 0 Å². The molecule has 59 heavy (non-hydrogen) atoms. The highest BCUT2D eigenvalue weighted by molar-refractivity contribution is 6.39. The smallest absolute Gasteiger partial charge is 0.165 e. The number of hydrogen-bond donors (Lipinski definition) is 0.